The maximum Gasteiger partial charge on any atom is 0.326 e. The van der Waals surface area contributed by atoms with Crippen molar-refractivity contribution < 1.29 is 39.3 Å². The smallest absolute Gasteiger partial charge is 0.326 e. The molecule has 184 valence electrons. The number of carbonyl (C=O) groups excluding carboxylic acids is 3. The number of rotatable bonds is 15. The number of hydrogen-bond acceptors (Lipinski definition) is 8. The minimum absolute atomic E-state index is 0.135. The van der Waals surface area contributed by atoms with Crippen molar-refractivity contribution in [2.45, 2.75) is 70.3 Å². The zero-order valence-corrected chi connectivity index (χ0v) is 19.5. The van der Waals surface area contributed by atoms with Crippen LogP contribution in [0.2, 0.25) is 0 Å². The van der Waals surface area contributed by atoms with Gasteiger partial charge < -0.3 is 37.0 Å². The summed E-state index contributed by atoms with van der Waals surface area (Å²) in [6.45, 7) is 4.72. The molecule has 0 heterocycles. The van der Waals surface area contributed by atoms with Crippen LogP contribution < -0.4 is 21.7 Å². The summed E-state index contributed by atoms with van der Waals surface area (Å²) in [5.74, 6) is -4.71. The van der Waals surface area contributed by atoms with Crippen LogP contribution in [0.5, 0.6) is 0 Å². The summed E-state index contributed by atoms with van der Waals surface area (Å²) < 4.78 is 0. The van der Waals surface area contributed by atoms with E-state index in [2.05, 4.69) is 16.0 Å². The number of nitrogens with two attached hydrogens (primary N) is 1. The highest BCUT2D eigenvalue weighted by Gasteiger charge is 2.32. The van der Waals surface area contributed by atoms with Crippen LogP contribution in [0.25, 0.3) is 0 Å². The molecule has 5 atom stereocenters. The molecule has 0 saturated carbocycles. The lowest BCUT2D eigenvalue weighted by atomic mass is 10.0. The standard InChI is InChI=1S/C19H34N4O8S/c1-9(2)14(20)17(28)23-15(10(3)24)18(29)21-11(7-8-32-4)16(27)22-12(19(30)31)5-6-13(25)26/h9-12,14-15,24H,5-8,20H2,1-4H3,(H,21,29)(H,22,27)(H,23,28)(H,25,26)(H,30,31). The first-order chi connectivity index (χ1) is 14.8. The zero-order chi connectivity index (χ0) is 25.0. The van der Waals surface area contributed by atoms with Gasteiger partial charge in [0.05, 0.1) is 12.1 Å². The molecule has 0 aromatic rings. The Balaban J connectivity index is 5.40. The molecule has 0 spiro atoms. The first-order valence-electron chi connectivity index (χ1n) is 10.1. The van der Waals surface area contributed by atoms with Crippen molar-refractivity contribution in [3.63, 3.8) is 0 Å². The maximum atomic E-state index is 12.7. The van der Waals surface area contributed by atoms with Gasteiger partial charge in [0.1, 0.15) is 18.1 Å². The van der Waals surface area contributed by atoms with E-state index in [1.54, 1.807) is 20.1 Å². The molecule has 13 heteroatoms. The number of aliphatic hydroxyl groups excluding tert-OH is 1. The summed E-state index contributed by atoms with van der Waals surface area (Å²) in [5.41, 5.74) is 5.77. The molecular formula is C19H34N4O8S. The highest BCUT2D eigenvalue weighted by molar-refractivity contribution is 7.98. The molecule has 0 aliphatic rings. The monoisotopic (exact) mass is 478 g/mol. The second kappa shape index (κ2) is 14.6. The third-order valence-electron chi connectivity index (χ3n) is 4.59. The molecule has 12 nitrogen and oxygen atoms in total. The normalized spacial score (nSPS) is 15.7. The van der Waals surface area contributed by atoms with E-state index in [4.69, 9.17) is 10.8 Å². The second-order valence-corrected chi connectivity index (χ2v) is 8.66. The van der Waals surface area contributed by atoms with Crippen LogP contribution in [0.4, 0.5) is 0 Å². The van der Waals surface area contributed by atoms with Gasteiger partial charge in [-0.05, 0) is 37.7 Å². The van der Waals surface area contributed by atoms with Crippen molar-refractivity contribution in [1.82, 2.24) is 16.0 Å². The van der Waals surface area contributed by atoms with Crippen LogP contribution >= 0.6 is 11.8 Å². The fourth-order valence-corrected chi connectivity index (χ4v) is 2.99. The number of carbonyl (C=O) groups is 5. The van der Waals surface area contributed by atoms with Gasteiger partial charge >= 0.3 is 11.9 Å². The maximum absolute atomic E-state index is 12.7. The van der Waals surface area contributed by atoms with Crippen LogP contribution in [0.1, 0.15) is 40.0 Å². The van der Waals surface area contributed by atoms with Crippen molar-refractivity contribution in [2.24, 2.45) is 11.7 Å². The van der Waals surface area contributed by atoms with Gasteiger partial charge in [-0.25, -0.2) is 4.79 Å². The molecule has 0 aliphatic carbocycles. The number of carboxylic acid groups (broad SMARTS) is 2. The average molecular weight is 479 g/mol. The van der Waals surface area contributed by atoms with E-state index in [1.165, 1.54) is 18.7 Å². The van der Waals surface area contributed by atoms with Crippen LogP contribution in [0, 0.1) is 5.92 Å². The summed E-state index contributed by atoms with van der Waals surface area (Å²) in [4.78, 5) is 59.6. The Morgan fingerprint density at radius 1 is 0.875 bits per heavy atom. The molecule has 0 bridgehead atoms. The number of nitrogens with one attached hydrogen (secondary N) is 3. The number of carboxylic acids is 2. The van der Waals surface area contributed by atoms with E-state index < -0.39 is 66.4 Å². The molecule has 0 radical (unpaired) electrons. The first kappa shape index (κ1) is 29.6. The Morgan fingerprint density at radius 3 is 1.88 bits per heavy atom. The quantitative estimate of drug-likeness (QED) is 0.145. The lowest BCUT2D eigenvalue weighted by Crippen LogP contribution is -2.60. The van der Waals surface area contributed by atoms with E-state index in [0.717, 1.165) is 0 Å². The number of hydrogen-bond donors (Lipinski definition) is 7. The highest BCUT2D eigenvalue weighted by Crippen LogP contribution is 2.06. The van der Waals surface area contributed by atoms with Crippen molar-refractivity contribution in [3.8, 4) is 0 Å². The first-order valence-corrected chi connectivity index (χ1v) is 11.5. The van der Waals surface area contributed by atoms with Gasteiger partial charge in [-0.1, -0.05) is 13.8 Å². The fourth-order valence-electron chi connectivity index (χ4n) is 2.52. The van der Waals surface area contributed by atoms with Crippen LogP contribution in [-0.2, 0) is 24.0 Å². The number of aliphatic hydroxyl groups is 1. The molecule has 0 rings (SSSR count). The Kier molecular flexibility index (Phi) is 13.5. The predicted octanol–water partition coefficient (Wildman–Crippen LogP) is -1.49. The molecule has 0 aromatic heterocycles. The molecule has 5 unspecified atom stereocenters. The summed E-state index contributed by atoms with van der Waals surface area (Å²) in [6.07, 6.45) is -0.194. The summed E-state index contributed by atoms with van der Waals surface area (Å²) in [6, 6.07) is -4.92. The summed E-state index contributed by atoms with van der Waals surface area (Å²) in [5, 5.41) is 35.0. The Labute approximate surface area is 191 Å². The van der Waals surface area contributed by atoms with Crippen LogP contribution in [0.3, 0.4) is 0 Å². The van der Waals surface area contributed by atoms with Crippen molar-refractivity contribution in [1.29, 1.82) is 0 Å². The van der Waals surface area contributed by atoms with Crippen molar-refractivity contribution in [2.75, 3.05) is 12.0 Å². The number of thioether (sulfide) groups is 1. The molecule has 8 N–H and O–H groups in total. The van der Waals surface area contributed by atoms with E-state index in [1.807, 2.05) is 0 Å². The van der Waals surface area contributed by atoms with Gasteiger partial charge in [0.15, 0.2) is 0 Å². The van der Waals surface area contributed by atoms with Crippen molar-refractivity contribution in [3.05, 3.63) is 0 Å². The van der Waals surface area contributed by atoms with Crippen molar-refractivity contribution >= 4 is 41.4 Å². The van der Waals surface area contributed by atoms with E-state index in [0.29, 0.717) is 5.75 Å². The average Bonchev–Trinajstić information content (AvgIpc) is 2.70. The lowest BCUT2D eigenvalue weighted by Gasteiger charge is -2.27. The van der Waals surface area contributed by atoms with Gasteiger partial charge in [0.25, 0.3) is 0 Å². The molecule has 32 heavy (non-hydrogen) atoms. The van der Waals surface area contributed by atoms with Gasteiger partial charge in [-0.3, -0.25) is 19.2 Å². The number of amides is 3. The minimum Gasteiger partial charge on any atom is -0.481 e. The SMILES string of the molecule is CSCCC(NC(=O)C(NC(=O)C(N)C(C)C)C(C)O)C(=O)NC(CCC(=O)O)C(=O)O. The molecule has 0 saturated heterocycles. The highest BCUT2D eigenvalue weighted by atomic mass is 32.2. The topological polar surface area (TPSA) is 208 Å². The molecule has 3 amide bonds. The Hall–Kier alpha value is -2.38. The van der Waals surface area contributed by atoms with E-state index in [9.17, 15) is 34.2 Å². The predicted molar refractivity (Wildman–Crippen MR) is 118 cm³/mol. The fraction of sp³-hybridized carbons (Fsp3) is 0.737. The van der Waals surface area contributed by atoms with Crippen LogP contribution in [0.15, 0.2) is 0 Å². The van der Waals surface area contributed by atoms with E-state index in [-0.39, 0.29) is 18.8 Å². The van der Waals surface area contributed by atoms with Gasteiger partial charge in [-0.2, -0.15) is 11.8 Å². The minimum atomic E-state index is -1.46. The zero-order valence-electron chi connectivity index (χ0n) is 18.7. The third-order valence-corrected chi connectivity index (χ3v) is 5.23. The largest absolute Gasteiger partial charge is 0.481 e. The van der Waals surface area contributed by atoms with Gasteiger partial charge in [-0.15, -0.1) is 0 Å². The summed E-state index contributed by atoms with van der Waals surface area (Å²) >= 11 is 1.39. The number of aliphatic carboxylic acids is 2. The lowest BCUT2D eigenvalue weighted by molar-refractivity contribution is -0.143. The van der Waals surface area contributed by atoms with Crippen LogP contribution in [-0.4, -0.2) is 87.3 Å². The Bertz CT molecular complexity index is 674. The Morgan fingerprint density at radius 2 is 1.44 bits per heavy atom. The molecular weight excluding hydrogens is 444 g/mol. The molecule has 0 aromatic carbocycles. The van der Waals surface area contributed by atoms with Gasteiger partial charge in [0, 0.05) is 6.42 Å². The molecule has 0 aliphatic heterocycles. The second-order valence-electron chi connectivity index (χ2n) is 7.67. The van der Waals surface area contributed by atoms with E-state index >= 15 is 0 Å². The molecule has 0 fully saturated rings. The summed E-state index contributed by atoms with van der Waals surface area (Å²) in [7, 11) is 0. The van der Waals surface area contributed by atoms with Gasteiger partial charge in [0.2, 0.25) is 17.7 Å². The third kappa shape index (κ3) is 10.8.